The molecule has 1 aliphatic carbocycles. The molecule has 1 aromatic heterocycles. The average molecular weight is 466 g/mol. The topological polar surface area (TPSA) is 93.4 Å². The van der Waals surface area contributed by atoms with Crippen molar-refractivity contribution in [2.45, 2.75) is 31.7 Å². The molecule has 9 heteroatoms. The highest BCUT2D eigenvalue weighted by molar-refractivity contribution is 5.90. The minimum absolute atomic E-state index is 0.159. The number of fused-ring (bicyclic) bond motifs is 1. The predicted molar refractivity (Wildman–Crippen MR) is 132 cm³/mol. The zero-order chi connectivity index (χ0) is 24.2. The first-order valence-corrected chi connectivity index (χ1v) is 11.4. The van der Waals surface area contributed by atoms with Gasteiger partial charge in [0.2, 0.25) is 5.95 Å². The number of aromatic nitrogens is 2. The molecule has 1 fully saturated rings. The third kappa shape index (κ3) is 5.24. The van der Waals surface area contributed by atoms with Crippen molar-refractivity contribution < 1.29 is 14.5 Å². The standard InChI is InChI=1S/C25H30FN6O2/c1-16(20-13-12-19(32(33)34)14-22(20)26)27-15-17-8-10-18(11-9-17)28-25-29-23-7-5-4-6-21(23)24(30-25)31(2)3/h4-7,12-14,17-18,27H,1,8-11,15H2,2-3H3,(H,33,34)(H,28,29,30)/q+1/t17-,18+. The van der Waals surface area contributed by atoms with Crippen molar-refractivity contribution in [3.8, 4) is 0 Å². The third-order valence-corrected chi connectivity index (χ3v) is 6.29. The van der Waals surface area contributed by atoms with E-state index in [1.165, 1.54) is 12.1 Å². The van der Waals surface area contributed by atoms with Crippen LogP contribution in [0, 0.1) is 16.6 Å². The highest BCUT2D eigenvalue weighted by Crippen LogP contribution is 2.29. The Hall–Kier alpha value is -3.75. The van der Waals surface area contributed by atoms with Gasteiger partial charge in [-0.3, -0.25) is 0 Å². The lowest BCUT2D eigenvalue weighted by Gasteiger charge is -2.30. The molecule has 0 unspecified atom stereocenters. The largest absolute Gasteiger partial charge is 0.385 e. The zero-order valence-electron chi connectivity index (χ0n) is 19.5. The second kappa shape index (κ2) is 10.0. The van der Waals surface area contributed by atoms with Crippen LogP contribution < -0.4 is 15.5 Å². The number of nitrogens with one attached hydrogen (secondary N) is 2. The van der Waals surface area contributed by atoms with E-state index in [1.807, 2.05) is 43.3 Å². The van der Waals surface area contributed by atoms with Gasteiger partial charge in [0, 0.05) is 49.4 Å². The second-order valence-corrected chi connectivity index (χ2v) is 8.94. The molecule has 3 N–H and O–H groups in total. The maximum Gasteiger partial charge on any atom is 0.319 e. The normalized spacial score (nSPS) is 17.9. The van der Waals surface area contributed by atoms with Crippen LogP contribution in [0.5, 0.6) is 0 Å². The highest BCUT2D eigenvalue weighted by atomic mass is 19.1. The summed E-state index contributed by atoms with van der Waals surface area (Å²) in [6.45, 7) is 4.62. The van der Waals surface area contributed by atoms with Crippen LogP contribution in [0.4, 0.5) is 21.8 Å². The molecule has 0 aliphatic heterocycles. The lowest BCUT2D eigenvalue weighted by atomic mass is 9.86. The molecule has 34 heavy (non-hydrogen) atoms. The summed E-state index contributed by atoms with van der Waals surface area (Å²) in [7, 11) is 3.96. The molecule has 0 amide bonds. The third-order valence-electron chi connectivity index (χ3n) is 6.29. The van der Waals surface area contributed by atoms with Gasteiger partial charge in [-0.05, 0) is 49.8 Å². The van der Waals surface area contributed by atoms with E-state index in [2.05, 4.69) is 17.2 Å². The van der Waals surface area contributed by atoms with Crippen LogP contribution in [0.25, 0.3) is 16.6 Å². The van der Waals surface area contributed by atoms with Gasteiger partial charge in [-0.2, -0.15) is 4.98 Å². The predicted octanol–water partition coefficient (Wildman–Crippen LogP) is 4.87. The molecule has 0 atom stereocenters. The number of benzene rings is 2. The van der Waals surface area contributed by atoms with E-state index in [0.29, 0.717) is 30.1 Å². The Kier molecular flexibility index (Phi) is 6.90. The lowest BCUT2D eigenvalue weighted by molar-refractivity contribution is -0.729. The summed E-state index contributed by atoms with van der Waals surface area (Å²) in [6.07, 6.45) is 4.02. The summed E-state index contributed by atoms with van der Waals surface area (Å²) in [5, 5.41) is 16.7. The molecule has 8 nitrogen and oxygen atoms in total. The summed E-state index contributed by atoms with van der Waals surface area (Å²) >= 11 is 0. The van der Waals surface area contributed by atoms with Gasteiger partial charge in [0.1, 0.15) is 11.6 Å². The van der Waals surface area contributed by atoms with Gasteiger partial charge >= 0.3 is 5.69 Å². The number of nitrogens with zero attached hydrogens (tertiary/aromatic N) is 4. The van der Waals surface area contributed by atoms with Gasteiger partial charge in [0.05, 0.1) is 16.5 Å². The molecule has 0 saturated heterocycles. The van der Waals surface area contributed by atoms with Crippen LogP contribution in [0.15, 0.2) is 49.0 Å². The van der Waals surface area contributed by atoms with Crippen molar-refractivity contribution in [2.24, 2.45) is 5.92 Å². The van der Waals surface area contributed by atoms with Crippen molar-refractivity contribution in [1.29, 1.82) is 0 Å². The molecule has 1 saturated carbocycles. The van der Waals surface area contributed by atoms with E-state index in [-0.39, 0.29) is 16.2 Å². The molecule has 178 valence electrons. The fourth-order valence-corrected chi connectivity index (χ4v) is 4.39. The fraction of sp³-hybridized carbons (Fsp3) is 0.360. The molecule has 0 spiro atoms. The number of hydrogen-bond acceptors (Lipinski definition) is 6. The van der Waals surface area contributed by atoms with Crippen molar-refractivity contribution in [1.82, 2.24) is 15.3 Å². The molecule has 1 aliphatic rings. The van der Waals surface area contributed by atoms with Crippen LogP contribution in [0.2, 0.25) is 0 Å². The summed E-state index contributed by atoms with van der Waals surface area (Å²) in [6, 6.07) is 12.1. The maximum atomic E-state index is 14.3. The Morgan fingerprint density at radius 1 is 1.18 bits per heavy atom. The first-order chi connectivity index (χ1) is 16.3. The number of para-hydroxylation sites is 1. The van der Waals surface area contributed by atoms with Gasteiger partial charge in [-0.25, -0.2) is 14.6 Å². The van der Waals surface area contributed by atoms with Crippen LogP contribution >= 0.6 is 0 Å². The molecule has 1 heterocycles. The van der Waals surface area contributed by atoms with Gasteiger partial charge in [-0.1, -0.05) is 18.7 Å². The van der Waals surface area contributed by atoms with E-state index in [1.54, 1.807) is 0 Å². The van der Waals surface area contributed by atoms with Gasteiger partial charge in [-0.15, -0.1) is 0 Å². The highest BCUT2D eigenvalue weighted by Gasteiger charge is 2.23. The van der Waals surface area contributed by atoms with E-state index in [0.717, 1.165) is 48.5 Å². The molecular weight excluding hydrogens is 435 g/mol. The van der Waals surface area contributed by atoms with Gasteiger partial charge in [0.15, 0.2) is 0 Å². The van der Waals surface area contributed by atoms with Gasteiger partial charge < -0.3 is 15.5 Å². The molecular formula is C25H30FN6O2+. The average Bonchev–Trinajstić information content (AvgIpc) is 2.82. The first kappa shape index (κ1) is 23.4. The zero-order valence-corrected chi connectivity index (χ0v) is 19.5. The van der Waals surface area contributed by atoms with E-state index < -0.39 is 5.82 Å². The van der Waals surface area contributed by atoms with Crippen LogP contribution in [-0.4, -0.2) is 46.8 Å². The maximum absolute atomic E-state index is 14.3. The summed E-state index contributed by atoms with van der Waals surface area (Å²) in [4.78, 5) is 22.0. The summed E-state index contributed by atoms with van der Waals surface area (Å²) in [5.41, 5.74) is 1.50. The van der Waals surface area contributed by atoms with Crippen LogP contribution in [0.1, 0.15) is 31.2 Å². The number of rotatable bonds is 8. The monoisotopic (exact) mass is 465 g/mol. The minimum atomic E-state index is -0.606. The van der Waals surface area contributed by atoms with Crippen molar-refractivity contribution in [3.05, 3.63) is 65.3 Å². The lowest BCUT2D eigenvalue weighted by Crippen LogP contribution is -2.31. The molecule has 0 radical (unpaired) electrons. The Balaban J connectivity index is 1.31. The smallest absolute Gasteiger partial charge is 0.319 e. The fourth-order valence-electron chi connectivity index (χ4n) is 4.39. The SMILES string of the molecule is C=C(NC[C@H]1CC[C@@H](Nc2nc(N(C)C)c3ccccc3n2)CC1)c1ccc([N+](=O)O)cc1F. The molecule has 3 aromatic rings. The van der Waals surface area contributed by atoms with Crippen molar-refractivity contribution in [3.63, 3.8) is 0 Å². The summed E-state index contributed by atoms with van der Waals surface area (Å²) in [5.74, 6) is 1.38. The van der Waals surface area contributed by atoms with Crippen LogP contribution in [-0.2, 0) is 0 Å². The Morgan fingerprint density at radius 3 is 2.59 bits per heavy atom. The Bertz CT molecular complexity index is 1210. The van der Waals surface area contributed by atoms with Gasteiger partial charge in [0.25, 0.3) is 4.92 Å². The molecule has 2 aromatic carbocycles. The molecule has 0 bridgehead atoms. The number of hydrogen-bond donors (Lipinski definition) is 3. The van der Waals surface area contributed by atoms with E-state index in [9.17, 15) is 9.30 Å². The summed E-state index contributed by atoms with van der Waals surface area (Å²) < 4.78 is 14.3. The van der Waals surface area contributed by atoms with E-state index >= 15 is 0 Å². The van der Waals surface area contributed by atoms with Crippen molar-refractivity contribution in [2.75, 3.05) is 30.9 Å². The quantitative estimate of drug-likeness (QED) is 0.409. The number of halogens is 1. The Morgan fingerprint density at radius 2 is 1.91 bits per heavy atom. The van der Waals surface area contributed by atoms with Crippen LogP contribution in [0.3, 0.4) is 0 Å². The second-order valence-electron chi connectivity index (χ2n) is 8.94. The minimum Gasteiger partial charge on any atom is -0.385 e. The first-order valence-electron chi connectivity index (χ1n) is 11.4. The molecule has 4 rings (SSSR count). The van der Waals surface area contributed by atoms with E-state index in [4.69, 9.17) is 15.2 Å². The van der Waals surface area contributed by atoms with Crippen molar-refractivity contribution >= 4 is 34.1 Å². The number of anilines is 2. The Labute approximate surface area is 198 Å².